The summed E-state index contributed by atoms with van der Waals surface area (Å²) < 4.78 is 6.12. The highest BCUT2D eigenvalue weighted by Gasteiger charge is 2.28. The molecular formula is C22H26N2O3S. The number of likely N-dealkylation sites (tertiary alicyclic amines) is 1. The molecule has 4 rings (SSSR count). The quantitative estimate of drug-likeness (QED) is 0.803. The van der Waals surface area contributed by atoms with Crippen molar-refractivity contribution in [2.45, 2.75) is 44.6 Å². The maximum absolute atomic E-state index is 12.8. The van der Waals surface area contributed by atoms with E-state index in [9.17, 15) is 9.59 Å². The number of hydrogen-bond acceptors (Lipinski definition) is 4. The van der Waals surface area contributed by atoms with Gasteiger partial charge in [0.1, 0.15) is 5.75 Å². The van der Waals surface area contributed by atoms with Crippen molar-refractivity contribution in [3.05, 3.63) is 46.7 Å². The summed E-state index contributed by atoms with van der Waals surface area (Å²) >= 11 is 1.46. The summed E-state index contributed by atoms with van der Waals surface area (Å²) in [6, 6.07) is 11.4. The molecule has 2 fully saturated rings. The summed E-state index contributed by atoms with van der Waals surface area (Å²) in [5.74, 6) is 0.773. The van der Waals surface area contributed by atoms with Crippen LogP contribution in [0.25, 0.3) is 0 Å². The number of para-hydroxylation sites is 2. The number of nitrogens with one attached hydrogen (secondary N) is 1. The van der Waals surface area contributed by atoms with Gasteiger partial charge in [0.2, 0.25) is 5.91 Å². The van der Waals surface area contributed by atoms with Gasteiger partial charge in [-0.25, -0.2) is 0 Å². The third-order valence-electron chi connectivity index (χ3n) is 5.63. The molecule has 6 heteroatoms. The van der Waals surface area contributed by atoms with E-state index in [1.807, 2.05) is 46.7 Å². The normalized spacial score (nSPS) is 18.2. The summed E-state index contributed by atoms with van der Waals surface area (Å²) in [6.45, 7) is 1.24. The van der Waals surface area contributed by atoms with Gasteiger partial charge < -0.3 is 15.0 Å². The smallest absolute Gasteiger partial charge is 0.263 e. The highest BCUT2D eigenvalue weighted by atomic mass is 32.1. The van der Waals surface area contributed by atoms with E-state index < -0.39 is 0 Å². The lowest BCUT2D eigenvalue weighted by Gasteiger charge is -2.31. The van der Waals surface area contributed by atoms with Crippen LogP contribution in [0.4, 0.5) is 5.69 Å². The van der Waals surface area contributed by atoms with Crippen molar-refractivity contribution < 1.29 is 14.3 Å². The Morgan fingerprint density at radius 3 is 2.46 bits per heavy atom. The Morgan fingerprint density at radius 1 is 1.00 bits per heavy atom. The van der Waals surface area contributed by atoms with Gasteiger partial charge in [0.15, 0.2) is 0 Å². The highest BCUT2D eigenvalue weighted by molar-refractivity contribution is 7.12. The summed E-state index contributed by atoms with van der Waals surface area (Å²) in [4.78, 5) is 27.9. The first kappa shape index (κ1) is 19.0. The molecule has 2 amide bonds. The number of carbonyl (C=O) groups is 2. The molecule has 0 unspecified atom stereocenters. The van der Waals surface area contributed by atoms with Crippen LogP contribution in [0.3, 0.4) is 0 Å². The van der Waals surface area contributed by atoms with Crippen LogP contribution in [0, 0.1) is 5.92 Å². The topological polar surface area (TPSA) is 58.6 Å². The summed E-state index contributed by atoms with van der Waals surface area (Å²) in [7, 11) is 0. The Labute approximate surface area is 169 Å². The van der Waals surface area contributed by atoms with Gasteiger partial charge >= 0.3 is 0 Å². The van der Waals surface area contributed by atoms with Crippen LogP contribution < -0.4 is 10.1 Å². The van der Waals surface area contributed by atoms with Gasteiger partial charge in [-0.15, -0.1) is 11.3 Å². The largest absolute Gasteiger partial charge is 0.488 e. The first-order valence-corrected chi connectivity index (χ1v) is 11.0. The number of nitrogens with zero attached hydrogens (tertiary/aromatic N) is 1. The monoisotopic (exact) mass is 398 g/mol. The van der Waals surface area contributed by atoms with Crippen LogP contribution in [0.15, 0.2) is 41.8 Å². The fraction of sp³-hybridized carbons (Fsp3) is 0.455. The van der Waals surface area contributed by atoms with Crippen LogP contribution in [-0.2, 0) is 4.79 Å². The lowest BCUT2D eigenvalue weighted by atomic mass is 9.95. The molecule has 1 aromatic carbocycles. The van der Waals surface area contributed by atoms with Crippen molar-refractivity contribution in [2.24, 2.45) is 5.92 Å². The molecule has 0 atom stereocenters. The van der Waals surface area contributed by atoms with Crippen molar-refractivity contribution in [2.75, 3.05) is 18.4 Å². The molecule has 1 saturated heterocycles. The number of hydrogen-bond donors (Lipinski definition) is 1. The van der Waals surface area contributed by atoms with Gasteiger partial charge in [0.25, 0.3) is 5.91 Å². The van der Waals surface area contributed by atoms with Crippen molar-refractivity contribution in [1.29, 1.82) is 0 Å². The van der Waals surface area contributed by atoms with E-state index in [0.29, 0.717) is 25.9 Å². The molecule has 2 aliphatic rings. The molecule has 5 nitrogen and oxygen atoms in total. The van der Waals surface area contributed by atoms with Crippen LogP contribution in [0.1, 0.15) is 48.2 Å². The van der Waals surface area contributed by atoms with Crippen molar-refractivity contribution in [3.8, 4) is 5.75 Å². The second kappa shape index (κ2) is 8.78. The number of amides is 2. The predicted molar refractivity (Wildman–Crippen MR) is 111 cm³/mol. The van der Waals surface area contributed by atoms with Gasteiger partial charge in [-0.2, -0.15) is 0 Å². The molecular weight excluding hydrogens is 372 g/mol. The molecule has 1 saturated carbocycles. The molecule has 148 valence electrons. The number of carbonyl (C=O) groups excluding carboxylic acids is 2. The zero-order valence-electron chi connectivity index (χ0n) is 15.9. The van der Waals surface area contributed by atoms with Gasteiger partial charge in [-0.3, -0.25) is 9.59 Å². The lowest BCUT2D eigenvalue weighted by Crippen LogP contribution is -2.41. The maximum Gasteiger partial charge on any atom is 0.263 e. The van der Waals surface area contributed by atoms with Crippen molar-refractivity contribution in [3.63, 3.8) is 0 Å². The molecule has 1 aliphatic carbocycles. The number of piperidine rings is 1. The molecule has 0 spiro atoms. The van der Waals surface area contributed by atoms with Crippen molar-refractivity contribution in [1.82, 2.24) is 4.90 Å². The standard InChI is InChI=1S/C22H26N2O3S/c25-21(16-11-13-24(14-12-16)22(26)20-10-5-15-28-20)23-18-8-3-4-9-19(18)27-17-6-1-2-7-17/h3-5,8-10,15-17H,1-2,6-7,11-14H2,(H,23,25). The minimum atomic E-state index is -0.0769. The number of ether oxygens (including phenoxy) is 1. The summed E-state index contributed by atoms with van der Waals surface area (Å²) in [5, 5.41) is 4.98. The minimum absolute atomic E-state index is 0.0192. The van der Waals surface area contributed by atoms with E-state index >= 15 is 0 Å². The minimum Gasteiger partial charge on any atom is -0.488 e. The number of anilines is 1. The Kier molecular flexibility index (Phi) is 5.95. The van der Waals surface area contributed by atoms with E-state index in [0.717, 1.165) is 29.2 Å². The fourth-order valence-electron chi connectivity index (χ4n) is 3.99. The van der Waals surface area contributed by atoms with E-state index in [-0.39, 0.29) is 23.8 Å². The first-order valence-electron chi connectivity index (χ1n) is 10.1. The van der Waals surface area contributed by atoms with Gasteiger partial charge in [-0.1, -0.05) is 18.2 Å². The van der Waals surface area contributed by atoms with E-state index in [1.165, 1.54) is 24.2 Å². The van der Waals surface area contributed by atoms with E-state index in [1.54, 1.807) is 0 Å². The molecule has 0 bridgehead atoms. The molecule has 1 aromatic heterocycles. The Hall–Kier alpha value is -2.34. The lowest BCUT2D eigenvalue weighted by molar-refractivity contribution is -0.121. The number of rotatable bonds is 5. The second-order valence-electron chi connectivity index (χ2n) is 7.55. The molecule has 0 radical (unpaired) electrons. The third kappa shape index (κ3) is 4.38. The number of benzene rings is 1. The molecule has 2 heterocycles. The zero-order chi connectivity index (χ0) is 19.3. The average molecular weight is 399 g/mol. The summed E-state index contributed by atoms with van der Waals surface area (Å²) in [5.41, 5.74) is 0.747. The van der Waals surface area contributed by atoms with Crippen molar-refractivity contribution >= 4 is 28.8 Å². The SMILES string of the molecule is O=C(Nc1ccccc1OC1CCCC1)C1CCN(C(=O)c2cccs2)CC1. The van der Waals surface area contributed by atoms with Crippen LogP contribution in [0.2, 0.25) is 0 Å². The van der Waals surface area contributed by atoms with Gasteiger partial charge in [-0.05, 0) is 62.1 Å². The summed E-state index contributed by atoms with van der Waals surface area (Å²) in [6.07, 6.45) is 6.22. The van der Waals surface area contributed by atoms with E-state index in [4.69, 9.17) is 4.74 Å². The van der Waals surface area contributed by atoms with E-state index in [2.05, 4.69) is 5.32 Å². The predicted octanol–water partition coefficient (Wildman–Crippen LogP) is 4.56. The Bertz CT molecular complexity index is 807. The fourth-order valence-corrected chi connectivity index (χ4v) is 4.68. The maximum atomic E-state index is 12.8. The number of thiophene rings is 1. The molecule has 1 aliphatic heterocycles. The second-order valence-corrected chi connectivity index (χ2v) is 8.50. The third-order valence-corrected chi connectivity index (χ3v) is 6.48. The Morgan fingerprint density at radius 2 is 1.75 bits per heavy atom. The highest BCUT2D eigenvalue weighted by Crippen LogP contribution is 2.31. The van der Waals surface area contributed by atoms with Gasteiger partial charge in [0.05, 0.1) is 16.7 Å². The van der Waals surface area contributed by atoms with Gasteiger partial charge in [0, 0.05) is 19.0 Å². The molecule has 1 N–H and O–H groups in total. The molecule has 28 heavy (non-hydrogen) atoms. The zero-order valence-corrected chi connectivity index (χ0v) is 16.7. The molecule has 2 aromatic rings. The van der Waals surface area contributed by atoms with Crippen LogP contribution >= 0.6 is 11.3 Å². The van der Waals surface area contributed by atoms with Crippen LogP contribution in [0.5, 0.6) is 5.75 Å². The first-order chi connectivity index (χ1) is 13.7. The average Bonchev–Trinajstić information content (AvgIpc) is 3.43. The van der Waals surface area contributed by atoms with Crippen LogP contribution in [-0.4, -0.2) is 35.9 Å². The Balaban J connectivity index is 1.33.